The average Bonchev–Trinajstić information content (AvgIpc) is 3.75. The largest absolute Gasteiger partial charge is 0.480 e. The number of ether oxygens (including phenoxy) is 2. The van der Waals surface area contributed by atoms with E-state index in [4.69, 9.17) is 9.47 Å². The fourth-order valence-electron chi connectivity index (χ4n) is 5.58. The maximum atomic E-state index is 15.3. The standard InChI is InChI=1S/C27H26FN7O7/c28-18-9-16-22(37)17(26(38)39)12-34(14-1-2-14)24(16)31-25(18)33-7-5-32(6-8-33)10-15-11-35(27(40)42-15)20-4-3-19-23(29-20)30-21(36)13-41-19/h3-4,9,12,14-15H,1-2,5-8,10-11,13H2,(H,38,39)(H,29,30,36)/t15-/m0/s1. The van der Waals surface area contributed by atoms with Gasteiger partial charge in [-0.25, -0.2) is 23.9 Å². The molecule has 1 aliphatic carbocycles. The van der Waals surface area contributed by atoms with E-state index in [0.29, 0.717) is 44.3 Å². The van der Waals surface area contributed by atoms with Crippen LogP contribution in [0.3, 0.4) is 0 Å². The Labute approximate surface area is 237 Å². The Morgan fingerprint density at radius 2 is 1.90 bits per heavy atom. The van der Waals surface area contributed by atoms with Crippen molar-refractivity contribution in [2.75, 3.05) is 61.0 Å². The van der Waals surface area contributed by atoms with Gasteiger partial charge in [0, 0.05) is 45.0 Å². The Hall–Kier alpha value is -4.79. The number of aromatic nitrogens is 3. The molecular weight excluding hydrogens is 553 g/mol. The van der Waals surface area contributed by atoms with Crippen LogP contribution < -0.4 is 25.3 Å². The highest BCUT2D eigenvalue weighted by molar-refractivity contribution is 5.95. The second kappa shape index (κ2) is 9.94. The van der Waals surface area contributed by atoms with Crippen LogP contribution in [0, 0.1) is 5.82 Å². The van der Waals surface area contributed by atoms with Gasteiger partial charge in [0.05, 0.1) is 11.9 Å². The van der Waals surface area contributed by atoms with Crippen molar-refractivity contribution in [2.24, 2.45) is 0 Å². The number of carbonyl (C=O) groups is 3. The van der Waals surface area contributed by atoms with Gasteiger partial charge in [-0.3, -0.25) is 19.4 Å². The van der Waals surface area contributed by atoms with Crippen LogP contribution in [-0.4, -0.2) is 94.5 Å². The molecule has 14 nitrogen and oxygen atoms in total. The summed E-state index contributed by atoms with van der Waals surface area (Å²) in [5.74, 6) is -1.22. The highest BCUT2D eigenvalue weighted by Crippen LogP contribution is 2.37. The number of carboxylic acids is 1. The molecule has 218 valence electrons. The van der Waals surface area contributed by atoms with E-state index in [2.05, 4.69) is 20.2 Å². The zero-order valence-corrected chi connectivity index (χ0v) is 22.3. The average molecular weight is 580 g/mol. The molecule has 2 amide bonds. The smallest absolute Gasteiger partial charge is 0.416 e. The summed E-state index contributed by atoms with van der Waals surface area (Å²) < 4.78 is 27.8. The van der Waals surface area contributed by atoms with Crippen molar-refractivity contribution in [3.8, 4) is 5.75 Å². The summed E-state index contributed by atoms with van der Waals surface area (Å²) >= 11 is 0. The van der Waals surface area contributed by atoms with Crippen molar-refractivity contribution >= 4 is 46.5 Å². The van der Waals surface area contributed by atoms with Crippen molar-refractivity contribution in [1.29, 1.82) is 0 Å². The van der Waals surface area contributed by atoms with Gasteiger partial charge < -0.3 is 29.4 Å². The van der Waals surface area contributed by atoms with Gasteiger partial charge in [0.15, 0.2) is 29.8 Å². The van der Waals surface area contributed by atoms with Crippen LogP contribution in [0.1, 0.15) is 29.2 Å². The van der Waals surface area contributed by atoms with Gasteiger partial charge in [-0.05, 0) is 31.0 Å². The number of hydrogen-bond acceptors (Lipinski definition) is 10. The highest BCUT2D eigenvalue weighted by atomic mass is 19.1. The number of pyridine rings is 3. The number of carbonyl (C=O) groups excluding carboxylic acids is 2. The van der Waals surface area contributed by atoms with E-state index < -0.39 is 35.0 Å². The molecule has 3 aromatic rings. The predicted octanol–water partition coefficient (Wildman–Crippen LogP) is 1.44. The summed E-state index contributed by atoms with van der Waals surface area (Å²) in [4.78, 5) is 62.8. The Morgan fingerprint density at radius 3 is 2.64 bits per heavy atom. The second-order valence-electron chi connectivity index (χ2n) is 10.7. The predicted molar refractivity (Wildman–Crippen MR) is 146 cm³/mol. The first kappa shape index (κ1) is 26.1. The summed E-state index contributed by atoms with van der Waals surface area (Å²) in [5, 5.41) is 12.0. The van der Waals surface area contributed by atoms with E-state index in [1.165, 1.54) is 11.1 Å². The van der Waals surface area contributed by atoms with Gasteiger partial charge in [0.1, 0.15) is 23.1 Å². The number of aromatic carboxylic acids is 1. The van der Waals surface area contributed by atoms with Crippen LogP contribution in [0.4, 0.5) is 26.6 Å². The topological polar surface area (TPSA) is 159 Å². The molecule has 42 heavy (non-hydrogen) atoms. The first-order valence-electron chi connectivity index (χ1n) is 13.6. The first-order chi connectivity index (χ1) is 20.2. The number of anilines is 3. The zero-order valence-electron chi connectivity index (χ0n) is 22.3. The molecule has 15 heteroatoms. The molecule has 4 aliphatic rings. The first-order valence-corrected chi connectivity index (χ1v) is 13.6. The van der Waals surface area contributed by atoms with Gasteiger partial charge in [-0.15, -0.1) is 0 Å². The molecule has 0 unspecified atom stereocenters. The molecule has 3 aliphatic heterocycles. The van der Waals surface area contributed by atoms with E-state index in [9.17, 15) is 24.3 Å². The maximum Gasteiger partial charge on any atom is 0.416 e. The lowest BCUT2D eigenvalue weighted by atomic mass is 10.1. The third-order valence-electron chi connectivity index (χ3n) is 7.85. The number of carboxylic acid groups (broad SMARTS) is 1. The van der Waals surface area contributed by atoms with E-state index in [0.717, 1.165) is 18.9 Å². The number of piperazine rings is 1. The molecule has 2 N–H and O–H groups in total. The van der Waals surface area contributed by atoms with Crippen LogP contribution in [0.5, 0.6) is 5.75 Å². The molecule has 6 heterocycles. The Morgan fingerprint density at radius 1 is 1.12 bits per heavy atom. The number of nitrogens with one attached hydrogen (secondary N) is 1. The summed E-state index contributed by atoms with van der Waals surface area (Å²) in [6.45, 7) is 2.67. The number of rotatable bonds is 6. The second-order valence-corrected chi connectivity index (χ2v) is 10.7. The van der Waals surface area contributed by atoms with Crippen molar-refractivity contribution in [1.82, 2.24) is 19.4 Å². The molecule has 0 bridgehead atoms. The third-order valence-corrected chi connectivity index (χ3v) is 7.85. The highest BCUT2D eigenvalue weighted by Gasteiger charge is 2.36. The van der Waals surface area contributed by atoms with Crippen molar-refractivity contribution in [2.45, 2.75) is 25.0 Å². The monoisotopic (exact) mass is 579 g/mol. The fourth-order valence-corrected chi connectivity index (χ4v) is 5.58. The molecule has 7 rings (SSSR count). The van der Waals surface area contributed by atoms with Crippen molar-refractivity contribution in [3.63, 3.8) is 0 Å². The lowest BCUT2D eigenvalue weighted by molar-refractivity contribution is -0.118. The Balaban J connectivity index is 1.03. The van der Waals surface area contributed by atoms with Crippen molar-refractivity contribution < 1.29 is 33.4 Å². The number of fused-ring (bicyclic) bond motifs is 2. The summed E-state index contributed by atoms with van der Waals surface area (Å²) in [6.07, 6.45) is 2.03. The molecule has 2 saturated heterocycles. The lowest BCUT2D eigenvalue weighted by Crippen LogP contribution is -2.49. The Kier molecular flexibility index (Phi) is 6.18. The molecule has 0 spiro atoms. The summed E-state index contributed by atoms with van der Waals surface area (Å²) in [5.41, 5.74) is -0.862. The van der Waals surface area contributed by atoms with Crippen LogP contribution >= 0.6 is 0 Å². The van der Waals surface area contributed by atoms with Gasteiger partial charge in [0.25, 0.3) is 5.91 Å². The van der Waals surface area contributed by atoms with E-state index in [1.54, 1.807) is 21.6 Å². The van der Waals surface area contributed by atoms with Gasteiger partial charge in [-0.2, -0.15) is 0 Å². The van der Waals surface area contributed by atoms with E-state index in [1.807, 2.05) is 0 Å². The normalized spacial score (nSPS) is 20.7. The van der Waals surface area contributed by atoms with Crippen LogP contribution in [0.15, 0.2) is 29.2 Å². The molecule has 0 radical (unpaired) electrons. The SMILES string of the molecule is O=C1COc2ccc(N3C[C@H](CN4CCN(c5nc6c(cc5F)c(=O)c(C(=O)O)cn6C5CC5)CC4)OC3=O)nc2N1. The molecule has 3 aromatic heterocycles. The van der Waals surface area contributed by atoms with Gasteiger partial charge in [0.2, 0.25) is 5.43 Å². The molecule has 1 atom stereocenters. The number of amides is 2. The van der Waals surface area contributed by atoms with E-state index in [-0.39, 0.29) is 47.8 Å². The minimum atomic E-state index is -1.35. The Bertz CT molecular complexity index is 1700. The number of cyclic esters (lactones) is 1. The molecule has 0 aromatic carbocycles. The zero-order chi connectivity index (χ0) is 29.1. The minimum absolute atomic E-state index is 0.0335. The van der Waals surface area contributed by atoms with Crippen LogP contribution in [0.25, 0.3) is 11.0 Å². The van der Waals surface area contributed by atoms with E-state index >= 15 is 4.39 Å². The molecule has 3 fully saturated rings. The summed E-state index contributed by atoms with van der Waals surface area (Å²) in [7, 11) is 0. The van der Waals surface area contributed by atoms with Gasteiger partial charge in [-0.1, -0.05) is 0 Å². The third kappa shape index (κ3) is 4.64. The number of hydrogen-bond donors (Lipinski definition) is 2. The molecular formula is C27H26FN7O7. The van der Waals surface area contributed by atoms with Crippen molar-refractivity contribution in [3.05, 3.63) is 46.0 Å². The number of halogens is 1. The van der Waals surface area contributed by atoms with Crippen LogP contribution in [0.2, 0.25) is 0 Å². The number of nitrogens with zero attached hydrogens (tertiary/aromatic N) is 6. The van der Waals surface area contributed by atoms with Gasteiger partial charge >= 0.3 is 12.1 Å². The summed E-state index contributed by atoms with van der Waals surface area (Å²) in [6, 6.07) is 4.41. The molecule has 1 saturated carbocycles. The minimum Gasteiger partial charge on any atom is -0.480 e. The maximum absolute atomic E-state index is 15.3. The van der Waals surface area contributed by atoms with Crippen LogP contribution in [-0.2, 0) is 9.53 Å². The fraction of sp³-hybridized carbons (Fsp3) is 0.407. The lowest BCUT2D eigenvalue weighted by Gasteiger charge is -2.36. The quantitative estimate of drug-likeness (QED) is 0.435.